The topological polar surface area (TPSA) is 63.0 Å². The number of carbonyl (C=O) groups is 1. The van der Waals surface area contributed by atoms with Gasteiger partial charge in [-0.05, 0) is 6.07 Å². The lowest BCUT2D eigenvalue weighted by molar-refractivity contribution is 0.187. The molecule has 0 radical (unpaired) electrons. The van der Waals surface area contributed by atoms with E-state index < -0.39 is 6.09 Å². The molecule has 1 aliphatic heterocycles. The lowest BCUT2D eigenvalue weighted by Crippen LogP contribution is -2.11. The van der Waals surface area contributed by atoms with Gasteiger partial charge in [-0.15, -0.1) is 0 Å². The number of nitrogens with zero attached hydrogens (tertiary/aromatic N) is 2. The summed E-state index contributed by atoms with van der Waals surface area (Å²) in [6.07, 6.45) is -0.626. The third kappa shape index (κ3) is 1.91. The average Bonchev–Trinajstić information content (AvgIpc) is 2.73. The van der Waals surface area contributed by atoms with Gasteiger partial charge in [0.1, 0.15) is 11.4 Å². The fourth-order valence-corrected chi connectivity index (χ4v) is 2.31. The van der Waals surface area contributed by atoms with Gasteiger partial charge in [0.05, 0.1) is 34.2 Å². The van der Waals surface area contributed by atoms with Gasteiger partial charge in [-0.25, -0.2) is 4.79 Å². The van der Waals surface area contributed by atoms with Crippen molar-refractivity contribution < 1.29 is 9.53 Å². The van der Waals surface area contributed by atoms with Crippen LogP contribution in [-0.2, 0) is 16.1 Å². The molecule has 1 aliphatic rings. The van der Waals surface area contributed by atoms with Gasteiger partial charge >= 0.3 is 6.09 Å². The number of fused-ring (bicyclic) bond motifs is 1. The van der Waals surface area contributed by atoms with Crippen LogP contribution in [-0.4, -0.2) is 13.2 Å². The standard InChI is InChI=1S/C8H5Cl2N3O2S/c1-15-8(14)11-5-3(9)2-4(10)6-7(5)13-16-12-6/h2H,1H3,(H,11,14). The second-order valence-corrected chi connectivity index (χ2v) is 4.14. The van der Waals surface area contributed by atoms with Crippen molar-refractivity contribution in [1.29, 1.82) is 0 Å². The third-order valence-corrected chi connectivity index (χ3v) is 2.97. The van der Waals surface area contributed by atoms with E-state index in [0.29, 0.717) is 22.1 Å². The number of rotatable bonds is 1. The quantitative estimate of drug-likeness (QED) is 0.859. The Labute approximate surface area is 105 Å². The molecule has 0 unspecified atom stereocenters. The van der Waals surface area contributed by atoms with Crippen molar-refractivity contribution in [1.82, 2.24) is 0 Å². The Morgan fingerprint density at radius 2 is 2.06 bits per heavy atom. The maximum Gasteiger partial charge on any atom is 0.411 e. The summed E-state index contributed by atoms with van der Waals surface area (Å²) in [5.74, 6) is 0. The smallest absolute Gasteiger partial charge is 0.411 e. The van der Waals surface area contributed by atoms with Gasteiger partial charge in [-0.1, -0.05) is 23.2 Å². The molecule has 0 aromatic heterocycles. The first-order valence-corrected chi connectivity index (χ1v) is 5.57. The van der Waals surface area contributed by atoms with E-state index in [2.05, 4.69) is 18.8 Å². The van der Waals surface area contributed by atoms with Gasteiger partial charge < -0.3 is 4.74 Å². The van der Waals surface area contributed by atoms with Crippen LogP contribution in [0.5, 0.6) is 0 Å². The van der Waals surface area contributed by atoms with Crippen LogP contribution in [0, 0.1) is 0 Å². The Morgan fingerprint density at radius 1 is 1.38 bits per heavy atom. The maximum absolute atomic E-state index is 11.1. The van der Waals surface area contributed by atoms with E-state index in [1.54, 1.807) is 0 Å². The number of halogens is 2. The SMILES string of the molecule is COC(=O)Nc1c(Cl)cc(Cl)c2c1N=S=N2. The van der Waals surface area contributed by atoms with Gasteiger partial charge in [0, 0.05) is 0 Å². The minimum absolute atomic E-state index is 0.288. The summed E-state index contributed by atoms with van der Waals surface area (Å²) in [6.45, 7) is 0. The van der Waals surface area contributed by atoms with Crippen LogP contribution in [0.15, 0.2) is 14.8 Å². The number of hydrogen-bond donors (Lipinski definition) is 1. The molecule has 8 heteroatoms. The lowest BCUT2D eigenvalue weighted by atomic mass is 10.2. The highest BCUT2D eigenvalue weighted by atomic mass is 35.5. The molecule has 0 fully saturated rings. The summed E-state index contributed by atoms with van der Waals surface area (Å²) in [7, 11) is 1.26. The molecule has 0 saturated carbocycles. The molecule has 0 bridgehead atoms. The molecule has 1 aromatic carbocycles. The van der Waals surface area contributed by atoms with E-state index in [9.17, 15) is 4.79 Å². The normalized spacial score (nSPS) is 11.9. The molecule has 1 heterocycles. The Bertz CT molecular complexity index is 541. The highest BCUT2D eigenvalue weighted by Crippen LogP contribution is 2.47. The van der Waals surface area contributed by atoms with Crippen molar-refractivity contribution in [2.75, 3.05) is 12.4 Å². The van der Waals surface area contributed by atoms with Gasteiger partial charge in [0.2, 0.25) is 0 Å². The predicted molar refractivity (Wildman–Crippen MR) is 64.0 cm³/mol. The molecule has 1 amide bonds. The van der Waals surface area contributed by atoms with Crippen LogP contribution in [0.3, 0.4) is 0 Å². The van der Waals surface area contributed by atoms with Crippen molar-refractivity contribution in [3.8, 4) is 0 Å². The minimum atomic E-state index is -0.626. The van der Waals surface area contributed by atoms with Gasteiger partial charge in [0.15, 0.2) is 0 Å². The number of anilines is 1. The van der Waals surface area contributed by atoms with E-state index in [-0.39, 0.29) is 5.02 Å². The zero-order valence-corrected chi connectivity index (χ0v) is 10.3. The predicted octanol–water partition coefficient (Wildman–Crippen LogP) is 3.90. The molecule has 0 atom stereocenters. The number of ether oxygens (including phenoxy) is 1. The number of nitrogens with one attached hydrogen (secondary N) is 1. The molecule has 0 spiro atoms. The van der Waals surface area contributed by atoms with E-state index in [4.69, 9.17) is 23.2 Å². The highest BCUT2D eigenvalue weighted by molar-refractivity contribution is 7.58. The number of hydrogen-bond acceptors (Lipinski definition) is 4. The zero-order valence-electron chi connectivity index (χ0n) is 7.95. The Balaban J connectivity index is 2.50. The highest BCUT2D eigenvalue weighted by Gasteiger charge is 2.20. The summed E-state index contributed by atoms with van der Waals surface area (Å²) in [4.78, 5) is 11.1. The number of amides is 1. The molecule has 0 saturated heterocycles. The van der Waals surface area contributed by atoms with Crippen molar-refractivity contribution in [2.24, 2.45) is 8.73 Å². The molecule has 1 N–H and O–H groups in total. The number of methoxy groups -OCH3 is 1. The van der Waals surface area contributed by atoms with Gasteiger partial charge in [-0.2, -0.15) is 8.73 Å². The molecule has 0 aliphatic carbocycles. The molecular weight excluding hydrogens is 273 g/mol. The van der Waals surface area contributed by atoms with E-state index >= 15 is 0 Å². The van der Waals surface area contributed by atoms with Crippen LogP contribution in [0.25, 0.3) is 0 Å². The van der Waals surface area contributed by atoms with Crippen LogP contribution in [0.2, 0.25) is 10.0 Å². The first-order valence-electron chi connectivity index (χ1n) is 4.08. The monoisotopic (exact) mass is 277 g/mol. The summed E-state index contributed by atoms with van der Waals surface area (Å²) in [5, 5.41) is 3.15. The van der Waals surface area contributed by atoms with E-state index in [1.807, 2.05) is 0 Å². The number of carbonyl (C=O) groups excluding carboxylic acids is 1. The van der Waals surface area contributed by atoms with Crippen molar-refractivity contribution >= 4 is 57.7 Å². The molecule has 2 rings (SSSR count). The Morgan fingerprint density at radius 3 is 2.75 bits per heavy atom. The minimum Gasteiger partial charge on any atom is -0.453 e. The summed E-state index contributed by atoms with van der Waals surface area (Å²) >= 11 is 12.9. The molecule has 84 valence electrons. The molecular formula is C8H5Cl2N3O2S. The van der Waals surface area contributed by atoms with Crippen molar-refractivity contribution in [2.45, 2.75) is 0 Å². The second kappa shape index (κ2) is 4.40. The van der Waals surface area contributed by atoms with E-state index in [1.165, 1.54) is 13.2 Å². The molecule has 1 aromatic rings. The Hall–Kier alpha value is -1.11. The first kappa shape index (κ1) is 11.4. The fraction of sp³-hybridized carbons (Fsp3) is 0.125. The fourth-order valence-electron chi connectivity index (χ4n) is 1.15. The van der Waals surface area contributed by atoms with Crippen LogP contribution >= 0.6 is 23.2 Å². The third-order valence-electron chi connectivity index (χ3n) is 1.86. The largest absolute Gasteiger partial charge is 0.453 e. The van der Waals surface area contributed by atoms with E-state index in [0.717, 1.165) is 11.4 Å². The lowest BCUT2D eigenvalue weighted by Gasteiger charge is -2.09. The summed E-state index contributed by atoms with van der Waals surface area (Å²) < 4.78 is 12.5. The summed E-state index contributed by atoms with van der Waals surface area (Å²) in [6, 6.07) is 1.50. The average molecular weight is 278 g/mol. The first-order chi connectivity index (χ1) is 7.63. The van der Waals surface area contributed by atoms with Gasteiger partial charge in [-0.3, -0.25) is 5.32 Å². The second-order valence-electron chi connectivity index (χ2n) is 2.79. The van der Waals surface area contributed by atoms with Crippen molar-refractivity contribution in [3.63, 3.8) is 0 Å². The number of benzene rings is 1. The zero-order chi connectivity index (χ0) is 11.7. The molecule has 16 heavy (non-hydrogen) atoms. The van der Waals surface area contributed by atoms with Crippen LogP contribution in [0.1, 0.15) is 0 Å². The van der Waals surface area contributed by atoms with Crippen molar-refractivity contribution in [3.05, 3.63) is 16.1 Å². The molecule has 5 nitrogen and oxygen atoms in total. The summed E-state index contributed by atoms with van der Waals surface area (Å²) in [5.41, 5.74) is 1.30. The maximum atomic E-state index is 11.1. The van der Waals surface area contributed by atoms with Gasteiger partial charge in [0.25, 0.3) is 0 Å². The van der Waals surface area contributed by atoms with Crippen LogP contribution < -0.4 is 5.32 Å². The van der Waals surface area contributed by atoms with Crippen LogP contribution in [0.4, 0.5) is 21.9 Å². The Kier molecular flexibility index (Phi) is 3.13.